The molecule has 156 valence electrons. The van der Waals surface area contributed by atoms with Crippen LogP contribution in [0.2, 0.25) is 5.02 Å². The topological polar surface area (TPSA) is 48.0 Å². The van der Waals surface area contributed by atoms with Gasteiger partial charge in [-0.15, -0.1) is 0 Å². The highest BCUT2D eigenvalue weighted by Crippen LogP contribution is 2.39. The largest absolute Gasteiger partial charge is 0.495 e. The fraction of sp³-hybridized carbons (Fsp3) is 0.182. The van der Waals surface area contributed by atoms with E-state index < -0.39 is 0 Å². The van der Waals surface area contributed by atoms with Crippen LogP contribution in [-0.2, 0) is 4.79 Å². The van der Waals surface area contributed by atoms with Gasteiger partial charge in [0.15, 0.2) is 15.8 Å². The summed E-state index contributed by atoms with van der Waals surface area (Å²) in [6.45, 7) is 6.42. The highest BCUT2D eigenvalue weighted by atomic mass is 35.5. The Bertz CT molecular complexity index is 1020. The van der Waals surface area contributed by atoms with Crippen molar-refractivity contribution in [3.8, 4) is 17.2 Å². The third kappa shape index (κ3) is 4.80. The van der Waals surface area contributed by atoms with Gasteiger partial charge >= 0.3 is 0 Å². The molecule has 0 aliphatic carbocycles. The molecule has 0 aromatic heterocycles. The number of carbonyl (C=O) groups excluding carboxylic acids is 1. The first-order valence-electron chi connectivity index (χ1n) is 9.10. The Labute approximate surface area is 190 Å². The van der Waals surface area contributed by atoms with Crippen molar-refractivity contribution in [2.45, 2.75) is 6.92 Å². The zero-order valence-electron chi connectivity index (χ0n) is 16.5. The number of nitrogens with zero attached hydrogens (tertiary/aromatic N) is 1. The summed E-state index contributed by atoms with van der Waals surface area (Å²) in [4.78, 5) is 15.0. The Morgan fingerprint density at radius 2 is 1.93 bits per heavy atom. The lowest BCUT2D eigenvalue weighted by molar-refractivity contribution is -0.113. The summed E-state index contributed by atoms with van der Waals surface area (Å²) in [6.07, 6.45) is 3.45. The second-order valence-electron chi connectivity index (χ2n) is 6.07. The summed E-state index contributed by atoms with van der Waals surface area (Å²) < 4.78 is 16.9. The van der Waals surface area contributed by atoms with Crippen LogP contribution in [0.15, 0.2) is 54.0 Å². The van der Waals surface area contributed by atoms with Gasteiger partial charge in [-0.05, 0) is 48.9 Å². The lowest BCUT2D eigenvalue weighted by atomic mass is 10.1. The molecule has 0 saturated carbocycles. The first-order chi connectivity index (χ1) is 14.5. The van der Waals surface area contributed by atoms with Crippen LogP contribution in [0.3, 0.4) is 0 Å². The number of anilines is 1. The van der Waals surface area contributed by atoms with Crippen LogP contribution in [0, 0.1) is 0 Å². The molecule has 1 aliphatic heterocycles. The number of thioether (sulfide) groups is 1. The van der Waals surface area contributed by atoms with Crippen molar-refractivity contribution in [1.29, 1.82) is 0 Å². The van der Waals surface area contributed by atoms with E-state index in [4.69, 9.17) is 38.0 Å². The van der Waals surface area contributed by atoms with Gasteiger partial charge in [0, 0.05) is 0 Å². The van der Waals surface area contributed by atoms with Crippen LogP contribution in [0.1, 0.15) is 12.5 Å². The van der Waals surface area contributed by atoms with Crippen molar-refractivity contribution < 1.29 is 19.0 Å². The van der Waals surface area contributed by atoms with Crippen LogP contribution in [0.5, 0.6) is 17.2 Å². The molecule has 0 spiro atoms. The SMILES string of the molecule is C=CCOc1ccc(/C=C2/SC(=S)N(c3ccc(OC)c(Cl)c3)C2=O)cc1OCC. The molecule has 3 rings (SSSR count). The number of rotatable bonds is 8. The maximum Gasteiger partial charge on any atom is 0.270 e. The minimum atomic E-state index is -0.212. The van der Waals surface area contributed by atoms with E-state index in [1.165, 1.54) is 23.8 Å². The summed E-state index contributed by atoms with van der Waals surface area (Å²) in [6, 6.07) is 10.6. The summed E-state index contributed by atoms with van der Waals surface area (Å²) in [7, 11) is 1.54. The smallest absolute Gasteiger partial charge is 0.270 e. The van der Waals surface area contributed by atoms with E-state index in [9.17, 15) is 4.79 Å². The van der Waals surface area contributed by atoms with Gasteiger partial charge in [-0.1, -0.05) is 54.3 Å². The van der Waals surface area contributed by atoms with Gasteiger partial charge in [-0.25, -0.2) is 0 Å². The number of benzene rings is 2. The fourth-order valence-corrected chi connectivity index (χ4v) is 4.34. The minimum Gasteiger partial charge on any atom is -0.495 e. The highest BCUT2D eigenvalue weighted by molar-refractivity contribution is 8.27. The minimum absolute atomic E-state index is 0.212. The van der Waals surface area contributed by atoms with E-state index in [1.54, 1.807) is 30.4 Å². The van der Waals surface area contributed by atoms with Crippen LogP contribution < -0.4 is 19.1 Å². The van der Waals surface area contributed by atoms with Crippen LogP contribution >= 0.6 is 35.6 Å². The van der Waals surface area contributed by atoms with Crippen molar-refractivity contribution in [2.75, 3.05) is 25.2 Å². The molecular weight excluding hydrogens is 442 g/mol. The number of hydrogen-bond donors (Lipinski definition) is 0. The molecule has 30 heavy (non-hydrogen) atoms. The predicted octanol–water partition coefficient (Wildman–Crippen LogP) is 5.72. The van der Waals surface area contributed by atoms with E-state index in [2.05, 4.69) is 6.58 Å². The van der Waals surface area contributed by atoms with Gasteiger partial charge in [-0.3, -0.25) is 9.69 Å². The molecule has 1 fully saturated rings. The number of hydrogen-bond acceptors (Lipinski definition) is 6. The lowest BCUT2D eigenvalue weighted by Gasteiger charge is -2.15. The molecule has 0 bridgehead atoms. The van der Waals surface area contributed by atoms with E-state index in [0.29, 0.717) is 50.4 Å². The van der Waals surface area contributed by atoms with E-state index >= 15 is 0 Å². The van der Waals surface area contributed by atoms with E-state index in [0.717, 1.165) is 5.56 Å². The van der Waals surface area contributed by atoms with Gasteiger partial charge in [0.25, 0.3) is 5.91 Å². The van der Waals surface area contributed by atoms with Crippen molar-refractivity contribution in [3.63, 3.8) is 0 Å². The van der Waals surface area contributed by atoms with Crippen LogP contribution in [0.25, 0.3) is 6.08 Å². The van der Waals surface area contributed by atoms with Gasteiger partial charge in [-0.2, -0.15) is 0 Å². The Kier molecular flexibility index (Phi) is 7.42. The average molecular weight is 462 g/mol. The molecule has 0 radical (unpaired) electrons. The zero-order chi connectivity index (χ0) is 21.7. The molecule has 2 aromatic rings. The number of halogens is 1. The number of methoxy groups -OCH3 is 1. The fourth-order valence-electron chi connectivity index (χ4n) is 2.79. The average Bonchev–Trinajstić information content (AvgIpc) is 3.00. The molecule has 5 nitrogen and oxygen atoms in total. The van der Waals surface area contributed by atoms with Gasteiger partial charge < -0.3 is 14.2 Å². The molecule has 1 aliphatic rings. The van der Waals surface area contributed by atoms with Crippen molar-refractivity contribution in [2.24, 2.45) is 0 Å². The maximum atomic E-state index is 13.0. The molecule has 1 saturated heterocycles. The number of ether oxygens (including phenoxy) is 3. The molecule has 0 N–H and O–H groups in total. The van der Waals surface area contributed by atoms with Gasteiger partial charge in [0.2, 0.25) is 0 Å². The maximum absolute atomic E-state index is 13.0. The quantitative estimate of drug-likeness (QED) is 0.285. The van der Waals surface area contributed by atoms with Gasteiger partial charge in [0.1, 0.15) is 12.4 Å². The van der Waals surface area contributed by atoms with Crippen LogP contribution in [-0.4, -0.2) is 30.6 Å². The monoisotopic (exact) mass is 461 g/mol. The molecule has 1 heterocycles. The summed E-state index contributed by atoms with van der Waals surface area (Å²) in [5.41, 5.74) is 1.40. The normalized spacial score (nSPS) is 14.9. The highest BCUT2D eigenvalue weighted by Gasteiger charge is 2.33. The summed E-state index contributed by atoms with van der Waals surface area (Å²) in [5, 5.41) is 0.407. The Balaban J connectivity index is 1.88. The predicted molar refractivity (Wildman–Crippen MR) is 127 cm³/mol. The van der Waals surface area contributed by atoms with Gasteiger partial charge in [0.05, 0.1) is 29.3 Å². The lowest BCUT2D eigenvalue weighted by Crippen LogP contribution is -2.27. The molecule has 0 unspecified atom stereocenters. The second kappa shape index (κ2) is 10.0. The number of carbonyl (C=O) groups is 1. The summed E-state index contributed by atoms with van der Waals surface area (Å²) >= 11 is 12.9. The van der Waals surface area contributed by atoms with Crippen molar-refractivity contribution in [3.05, 3.63) is 64.5 Å². The van der Waals surface area contributed by atoms with Crippen LogP contribution in [0.4, 0.5) is 5.69 Å². The standard InChI is InChI=1S/C22H20ClNO4S2/c1-4-10-28-18-8-6-14(11-19(18)27-5-2)12-20-21(25)24(22(29)30-20)15-7-9-17(26-3)16(23)13-15/h4,6-9,11-13H,1,5,10H2,2-3H3/b20-12+. The second-order valence-corrected chi connectivity index (χ2v) is 8.16. The third-order valence-corrected chi connectivity index (χ3v) is 5.71. The number of thiocarbonyl (C=S) groups is 1. The number of amides is 1. The van der Waals surface area contributed by atoms with E-state index in [1.807, 2.05) is 25.1 Å². The van der Waals surface area contributed by atoms with Crippen molar-refractivity contribution in [1.82, 2.24) is 0 Å². The Morgan fingerprint density at radius 1 is 1.17 bits per heavy atom. The van der Waals surface area contributed by atoms with E-state index in [-0.39, 0.29) is 5.91 Å². The Morgan fingerprint density at radius 3 is 2.60 bits per heavy atom. The molecule has 0 atom stereocenters. The Hall–Kier alpha value is -2.48. The molecule has 1 amide bonds. The molecule has 2 aromatic carbocycles. The molecule has 8 heteroatoms. The first-order valence-corrected chi connectivity index (χ1v) is 10.7. The molecular formula is C22H20ClNO4S2. The summed E-state index contributed by atoms with van der Waals surface area (Å²) in [5.74, 6) is 1.54. The first kappa shape index (κ1) is 22.2. The zero-order valence-corrected chi connectivity index (χ0v) is 18.9. The van der Waals surface area contributed by atoms with Crippen molar-refractivity contribution >= 4 is 57.6 Å². The third-order valence-electron chi connectivity index (χ3n) is 4.11.